The summed E-state index contributed by atoms with van der Waals surface area (Å²) in [5.74, 6) is 0.191. The Bertz CT molecular complexity index is 1230. The summed E-state index contributed by atoms with van der Waals surface area (Å²) in [4.78, 5) is 20.0. The fraction of sp³-hybridized carbons (Fsp3) is 0.440. The number of nitrogens with one attached hydrogen (secondary N) is 1. The Morgan fingerprint density at radius 1 is 1.03 bits per heavy atom. The van der Waals surface area contributed by atoms with Gasteiger partial charge in [-0.05, 0) is 62.7 Å². The van der Waals surface area contributed by atoms with E-state index in [4.69, 9.17) is 0 Å². The molecule has 1 N–H and O–H groups in total. The molecule has 0 saturated carbocycles. The van der Waals surface area contributed by atoms with Gasteiger partial charge in [-0.15, -0.1) is 4.40 Å². The van der Waals surface area contributed by atoms with E-state index in [0.717, 1.165) is 50.3 Å². The van der Waals surface area contributed by atoms with Crippen LogP contribution in [-0.4, -0.2) is 76.3 Å². The zero-order valence-electron chi connectivity index (χ0n) is 19.7. The minimum atomic E-state index is -3.67. The summed E-state index contributed by atoms with van der Waals surface area (Å²) in [6, 6.07) is 13.0. The Labute approximate surface area is 201 Å². The van der Waals surface area contributed by atoms with Crippen molar-refractivity contribution in [2.24, 2.45) is 10.3 Å². The molecule has 2 aromatic rings. The lowest BCUT2D eigenvalue weighted by Crippen LogP contribution is -2.44. The standard InChI is InChI=1S/C25H31N5O3S/c1-18-16-20(9-10-22(18)29-14-12-28(2)13-15-29)26-25(31)19-6-5-11-30(17-19)24-21-7-3-4-8-23(21)34(32,33)27-24/h3-4,7-10,16,19H,5-6,11-15,17H2,1-2H3,(H,26,31). The number of hydrogen-bond donors (Lipinski definition) is 1. The first kappa shape index (κ1) is 22.9. The van der Waals surface area contributed by atoms with Crippen LogP contribution in [0.3, 0.4) is 0 Å². The molecule has 0 spiro atoms. The van der Waals surface area contributed by atoms with Crippen LogP contribution in [0.25, 0.3) is 0 Å². The van der Waals surface area contributed by atoms with E-state index in [1.54, 1.807) is 18.2 Å². The minimum absolute atomic E-state index is 0.0359. The number of piperidine rings is 1. The quantitative estimate of drug-likeness (QED) is 0.725. The Balaban J connectivity index is 1.27. The highest BCUT2D eigenvalue weighted by molar-refractivity contribution is 7.90. The highest BCUT2D eigenvalue weighted by Gasteiger charge is 2.35. The molecule has 3 aliphatic rings. The van der Waals surface area contributed by atoms with Gasteiger partial charge in [-0.1, -0.05) is 12.1 Å². The van der Waals surface area contributed by atoms with E-state index in [1.165, 1.54) is 5.69 Å². The number of anilines is 2. The van der Waals surface area contributed by atoms with Crippen molar-refractivity contribution in [1.82, 2.24) is 9.80 Å². The van der Waals surface area contributed by atoms with Crippen LogP contribution < -0.4 is 10.2 Å². The number of carbonyl (C=O) groups excluding carboxylic acids is 1. The van der Waals surface area contributed by atoms with Gasteiger partial charge in [0.25, 0.3) is 10.0 Å². The number of nitrogens with zero attached hydrogens (tertiary/aromatic N) is 4. The molecule has 3 aliphatic heterocycles. The van der Waals surface area contributed by atoms with Crippen LogP contribution in [0.5, 0.6) is 0 Å². The molecule has 0 radical (unpaired) electrons. The molecule has 5 rings (SSSR count). The lowest BCUT2D eigenvalue weighted by molar-refractivity contribution is -0.121. The largest absolute Gasteiger partial charge is 0.369 e. The lowest BCUT2D eigenvalue weighted by Gasteiger charge is -2.35. The molecule has 0 bridgehead atoms. The van der Waals surface area contributed by atoms with Crippen molar-refractivity contribution >= 4 is 33.1 Å². The fourth-order valence-electron chi connectivity index (χ4n) is 5.08. The Morgan fingerprint density at radius 3 is 2.56 bits per heavy atom. The summed E-state index contributed by atoms with van der Waals surface area (Å²) in [5.41, 5.74) is 3.78. The topological polar surface area (TPSA) is 85.3 Å². The van der Waals surface area contributed by atoms with E-state index in [0.29, 0.717) is 24.5 Å². The first-order valence-electron chi connectivity index (χ1n) is 11.9. The second-order valence-corrected chi connectivity index (χ2v) is 11.0. The zero-order valence-corrected chi connectivity index (χ0v) is 20.5. The monoisotopic (exact) mass is 481 g/mol. The molecule has 1 unspecified atom stereocenters. The summed E-state index contributed by atoms with van der Waals surface area (Å²) in [5, 5.41) is 3.09. The van der Waals surface area contributed by atoms with Gasteiger partial charge in [-0.3, -0.25) is 4.79 Å². The zero-order chi connectivity index (χ0) is 23.9. The number of fused-ring (bicyclic) bond motifs is 1. The van der Waals surface area contributed by atoms with Crippen LogP contribution >= 0.6 is 0 Å². The van der Waals surface area contributed by atoms with Crippen molar-refractivity contribution in [3.8, 4) is 0 Å². The van der Waals surface area contributed by atoms with Crippen LogP contribution in [0.1, 0.15) is 24.0 Å². The van der Waals surface area contributed by atoms with Gasteiger partial charge in [-0.25, -0.2) is 0 Å². The Kier molecular flexibility index (Phi) is 6.07. The number of amides is 1. The predicted octanol–water partition coefficient (Wildman–Crippen LogP) is 2.55. The molecule has 3 heterocycles. The Morgan fingerprint density at radius 2 is 1.79 bits per heavy atom. The van der Waals surface area contributed by atoms with Crippen molar-refractivity contribution in [3.05, 3.63) is 53.6 Å². The Hall–Kier alpha value is -2.91. The molecule has 180 valence electrons. The van der Waals surface area contributed by atoms with Gasteiger partial charge in [0.1, 0.15) is 4.90 Å². The molecule has 1 atom stereocenters. The van der Waals surface area contributed by atoms with Crippen molar-refractivity contribution in [3.63, 3.8) is 0 Å². The number of amidine groups is 1. The third-order valence-electron chi connectivity index (χ3n) is 7.01. The van der Waals surface area contributed by atoms with Crippen molar-refractivity contribution in [2.45, 2.75) is 24.7 Å². The average molecular weight is 482 g/mol. The molecule has 9 heteroatoms. The van der Waals surface area contributed by atoms with Crippen molar-refractivity contribution in [1.29, 1.82) is 0 Å². The van der Waals surface area contributed by atoms with E-state index in [-0.39, 0.29) is 16.7 Å². The normalized spacial score (nSPS) is 22.3. The van der Waals surface area contributed by atoms with E-state index in [9.17, 15) is 13.2 Å². The van der Waals surface area contributed by atoms with Crippen LogP contribution in [0.4, 0.5) is 11.4 Å². The summed E-state index contributed by atoms with van der Waals surface area (Å²) in [7, 11) is -1.53. The molecule has 8 nitrogen and oxygen atoms in total. The van der Waals surface area contributed by atoms with Crippen LogP contribution in [0, 0.1) is 12.8 Å². The first-order valence-corrected chi connectivity index (χ1v) is 13.3. The average Bonchev–Trinajstić information content (AvgIpc) is 3.11. The third-order valence-corrected chi connectivity index (χ3v) is 8.34. The molecular weight excluding hydrogens is 450 g/mol. The van der Waals surface area contributed by atoms with E-state index >= 15 is 0 Å². The van der Waals surface area contributed by atoms with Gasteiger partial charge in [0.2, 0.25) is 5.91 Å². The maximum Gasteiger partial charge on any atom is 0.285 e. The van der Waals surface area contributed by atoms with E-state index < -0.39 is 10.0 Å². The molecule has 2 aromatic carbocycles. The van der Waals surface area contributed by atoms with Crippen LogP contribution in [-0.2, 0) is 14.8 Å². The predicted molar refractivity (Wildman–Crippen MR) is 134 cm³/mol. The number of piperazine rings is 1. The van der Waals surface area contributed by atoms with Gasteiger partial charge >= 0.3 is 0 Å². The summed E-state index contributed by atoms with van der Waals surface area (Å²) < 4.78 is 28.9. The number of sulfonamides is 1. The van der Waals surface area contributed by atoms with Gasteiger partial charge in [0, 0.05) is 56.2 Å². The smallest absolute Gasteiger partial charge is 0.285 e. The summed E-state index contributed by atoms with van der Waals surface area (Å²) in [6.45, 7) is 7.33. The lowest BCUT2D eigenvalue weighted by atomic mass is 9.96. The first-order chi connectivity index (χ1) is 16.3. The van der Waals surface area contributed by atoms with Gasteiger partial charge in [0.05, 0.1) is 5.92 Å². The van der Waals surface area contributed by atoms with Gasteiger partial charge in [-0.2, -0.15) is 8.42 Å². The van der Waals surface area contributed by atoms with Crippen molar-refractivity contribution in [2.75, 3.05) is 56.5 Å². The van der Waals surface area contributed by atoms with E-state index in [2.05, 4.69) is 39.6 Å². The number of aryl methyl sites for hydroxylation is 1. The summed E-state index contributed by atoms with van der Waals surface area (Å²) in [6.07, 6.45) is 1.57. The highest BCUT2D eigenvalue weighted by Crippen LogP contribution is 2.30. The second-order valence-electron chi connectivity index (χ2n) is 9.45. The molecule has 2 fully saturated rings. The van der Waals surface area contributed by atoms with Gasteiger partial charge < -0.3 is 20.0 Å². The van der Waals surface area contributed by atoms with Gasteiger partial charge in [0.15, 0.2) is 5.84 Å². The fourth-order valence-corrected chi connectivity index (χ4v) is 6.31. The maximum absolute atomic E-state index is 13.1. The minimum Gasteiger partial charge on any atom is -0.369 e. The molecule has 2 saturated heterocycles. The highest BCUT2D eigenvalue weighted by atomic mass is 32.2. The third kappa shape index (κ3) is 4.42. The molecule has 0 aliphatic carbocycles. The van der Waals surface area contributed by atoms with Crippen molar-refractivity contribution < 1.29 is 13.2 Å². The maximum atomic E-state index is 13.1. The number of benzene rings is 2. The number of hydrogen-bond acceptors (Lipinski definition) is 6. The molecule has 34 heavy (non-hydrogen) atoms. The number of likely N-dealkylation sites (tertiary alicyclic amines) is 1. The van der Waals surface area contributed by atoms with Crippen LogP contribution in [0.2, 0.25) is 0 Å². The van der Waals surface area contributed by atoms with Crippen LogP contribution in [0.15, 0.2) is 51.8 Å². The SMILES string of the molecule is Cc1cc(NC(=O)C2CCCN(C3=NS(=O)(=O)c4ccccc43)C2)ccc1N1CCN(C)CC1. The summed E-state index contributed by atoms with van der Waals surface area (Å²) >= 11 is 0. The molecule has 0 aromatic heterocycles. The van der Waals surface area contributed by atoms with E-state index in [1.807, 2.05) is 23.1 Å². The number of carbonyl (C=O) groups is 1. The molecule has 1 amide bonds. The number of likely N-dealkylation sites (N-methyl/N-ethyl adjacent to an activating group) is 1. The second kappa shape index (κ2) is 9.03. The number of rotatable bonds is 3. The molecular formula is C25H31N5O3S.